The molecule has 1 aliphatic carbocycles. The molecule has 146 valence electrons. The summed E-state index contributed by atoms with van der Waals surface area (Å²) in [4.78, 5) is 17.1. The average molecular weight is 364 g/mol. The normalized spacial score (nSPS) is 22.7. The van der Waals surface area contributed by atoms with Crippen molar-refractivity contribution in [3.63, 3.8) is 0 Å². The molecule has 1 amide bonds. The van der Waals surface area contributed by atoms with Crippen LogP contribution in [0.2, 0.25) is 0 Å². The smallest absolute Gasteiger partial charge is 0.289 e. The van der Waals surface area contributed by atoms with Gasteiger partial charge in [-0.1, -0.05) is 19.3 Å². The quantitative estimate of drug-likeness (QED) is 0.805. The third-order valence-corrected chi connectivity index (χ3v) is 5.73. The van der Waals surface area contributed by atoms with Gasteiger partial charge in [0.05, 0.1) is 0 Å². The molecule has 2 aliphatic rings. The molecule has 0 radical (unpaired) electrons. The number of aliphatic hydroxyl groups is 1. The zero-order valence-corrected chi connectivity index (χ0v) is 15.9. The van der Waals surface area contributed by atoms with E-state index < -0.39 is 0 Å². The zero-order valence-electron chi connectivity index (χ0n) is 15.9. The summed E-state index contributed by atoms with van der Waals surface area (Å²) in [5.41, 5.74) is 0. The van der Waals surface area contributed by atoms with E-state index in [1.54, 1.807) is 19.2 Å². The van der Waals surface area contributed by atoms with Crippen molar-refractivity contribution in [2.24, 2.45) is 5.92 Å². The summed E-state index contributed by atoms with van der Waals surface area (Å²) < 4.78 is 10.7. The second kappa shape index (κ2) is 9.53. The van der Waals surface area contributed by atoms with Crippen LogP contribution in [0.25, 0.3) is 0 Å². The SMILES string of the molecule is COCc1ccc(C(=O)N2CCN(CC3CCCCC3)C(CCO)C2)o1. The Labute approximate surface area is 156 Å². The molecule has 1 atom stereocenters. The van der Waals surface area contributed by atoms with E-state index in [0.29, 0.717) is 37.6 Å². The van der Waals surface area contributed by atoms with Crippen molar-refractivity contribution in [3.05, 3.63) is 23.7 Å². The van der Waals surface area contributed by atoms with Crippen molar-refractivity contribution >= 4 is 5.91 Å². The molecular weight excluding hydrogens is 332 g/mol. The lowest BCUT2D eigenvalue weighted by molar-refractivity contribution is 0.0319. The topological polar surface area (TPSA) is 66.2 Å². The molecule has 1 aromatic heterocycles. The van der Waals surface area contributed by atoms with Gasteiger partial charge in [0.1, 0.15) is 12.4 Å². The Bertz CT molecular complexity index is 568. The molecule has 1 saturated carbocycles. The van der Waals surface area contributed by atoms with Crippen LogP contribution >= 0.6 is 0 Å². The molecule has 1 N–H and O–H groups in total. The third-order valence-electron chi connectivity index (χ3n) is 5.73. The van der Waals surface area contributed by atoms with Crippen LogP contribution in [0.5, 0.6) is 0 Å². The summed E-state index contributed by atoms with van der Waals surface area (Å²) in [6.07, 6.45) is 7.40. The molecule has 1 unspecified atom stereocenters. The van der Waals surface area contributed by atoms with Gasteiger partial charge in [-0.3, -0.25) is 9.69 Å². The number of furan rings is 1. The average Bonchev–Trinajstić information content (AvgIpc) is 3.12. The van der Waals surface area contributed by atoms with E-state index >= 15 is 0 Å². The molecule has 2 fully saturated rings. The number of amides is 1. The zero-order chi connectivity index (χ0) is 18.4. The molecule has 2 heterocycles. The van der Waals surface area contributed by atoms with E-state index in [9.17, 15) is 9.90 Å². The molecule has 1 saturated heterocycles. The molecule has 0 aromatic carbocycles. The second-order valence-electron chi connectivity index (χ2n) is 7.62. The fourth-order valence-corrected chi connectivity index (χ4v) is 4.31. The van der Waals surface area contributed by atoms with Gasteiger partial charge < -0.3 is 19.2 Å². The minimum atomic E-state index is -0.0624. The molecule has 1 aromatic rings. The van der Waals surface area contributed by atoms with E-state index in [4.69, 9.17) is 9.15 Å². The lowest BCUT2D eigenvalue weighted by Crippen LogP contribution is -2.56. The molecule has 0 spiro atoms. The number of aliphatic hydroxyl groups excluding tert-OH is 1. The van der Waals surface area contributed by atoms with Crippen molar-refractivity contribution < 1.29 is 19.1 Å². The molecule has 1 aliphatic heterocycles. The first-order valence-corrected chi connectivity index (χ1v) is 9.93. The minimum absolute atomic E-state index is 0.0624. The number of carbonyl (C=O) groups excluding carboxylic acids is 1. The van der Waals surface area contributed by atoms with Crippen molar-refractivity contribution in [2.75, 3.05) is 39.9 Å². The Kier molecular flexibility index (Phi) is 7.11. The van der Waals surface area contributed by atoms with Crippen LogP contribution in [0, 0.1) is 5.92 Å². The first-order valence-electron chi connectivity index (χ1n) is 9.93. The Morgan fingerprint density at radius 3 is 2.81 bits per heavy atom. The highest BCUT2D eigenvalue weighted by Crippen LogP contribution is 2.26. The molecule has 0 bridgehead atoms. The first kappa shape index (κ1) is 19.4. The van der Waals surface area contributed by atoms with Gasteiger partial charge in [0.2, 0.25) is 0 Å². The number of rotatable bonds is 7. The number of nitrogens with zero attached hydrogens (tertiary/aromatic N) is 2. The summed E-state index contributed by atoms with van der Waals surface area (Å²) in [6.45, 7) is 3.88. The standard InChI is InChI=1S/C20H32N2O4/c1-25-15-18-7-8-19(26-18)20(24)22-11-10-21(17(14-22)9-12-23)13-16-5-3-2-4-6-16/h7-8,16-17,23H,2-6,9-15H2,1H3. The van der Waals surface area contributed by atoms with Gasteiger partial charge in [-0.05, 0) is 37.3 Å². The Hall–Kier alpha value is -1.37. The lowest BCUT2D eigenvalue weighted by atomic mass is 9.88. The van der Waals surface area contributed by atoms with Crippen LogP contribution in [0.3, 0.4) is 0 Å². The highest BCUT2D eigenvalue weighted by molar-refractivity contribution is 5.91. The number of hydrogen-bond donors (Lipinski definition) is 1. The lowest BCUT2D eigenvalue weighted by Gasteiger charge is -2.43. The molecule has 3 rings (SSSR count). The maximum atomic E-state index is 12.8. The fourth-order valence-electron chi connectivity index (χ4n) is 4.31. The number of piperazine rings is 1. The van der Waals surface area contributed by atoms with Gasteiger partial charge in [-0.15, -0.1) is 0 Å². The van der Waals surface area contributed by atoms with Crippen molar-refractivity contribution in [2.45, 2.75) is 51.2 Å². The highest BCUT2D eigenvalue weighted by atomic mass is 16.5. The summed E-state index contributed by atoms with van der Waals surface area (Å²) in [5, 5.41) is 9.48. The predicted octanol–water partition coefficient (Wildman–Crippen LogP) is 2.52. The van der Waals surface area contributed by atoms with Crippen molar-refractivity contribution in [1.82, 2.24) is 9.80 Å². The van der Waals surface area contributed by atoms with Crippen LogP contribution < -0.4 is 0 Å². The maximum Gasteiger partial charge on any atom is 0.289 e. The van der Waals surface area contributed by atoms with E-state index in [-0.39, 0.29) is 18.6 Å². The molecule has 26 heavy (non-hydrogen) atoms. The molecule has 6 nitrogen and oxygen atoms in total. The van der Waals surface area contributed by atoms with Gasteiger partial charge in [0, 0.05) is 45.9 Å². The van der Waals surface area contributed by atoms with Gasteiger partial charge in [-0.25, -0.2) is 0 Å². The Morgan fingerprint density at radius 1 is 1.27 bits per heavy atom. The summed E-state index contributed by atoms with van der Waals surface area (Å²) >= 11 is 0. The predicted molar refractivity (Wildman–Crippen MR) is 99.0 cm³/mol. The van der Waals surface area contributed by atoms with Gasteiger partial charge in [0.15, 0.2) is 5.76 Å². The van der Waals surface area contributed by atoms with Crippen LogP contribution in [0.4, 0.5) is 0 Å². The Balaban J connectivity index is 1.59. The fraction of sp³-hybridized carbons (Fsp3) is 0.750. The van der Waals surface area contributed by atoms with Crippen LogP contribution in [0.15, 0.2) is 16.5 Å². The number of hydrogen-bond acceptors (Lipinski definition) is 5. The monoisotopic (exact) mass is 364 g/mol. The van der Waals surface area contributed by atoms with Gasteiger partial charge in [0.25, 0.3) is 5.91 Å². The molecule has 6 heteroatoms. The van der Waals surface area contributed by atoms with E-state index in [0.717, 1.165) is 19.0 Å². The van der Waals surface area contributed by atoms with Gasteiger partial charge >= 0.3 is 0 Å². The van der Waals surface area contributed by atoms with Crippen LogP contribution in [0.1, 0.15) is 54.8 Å². The van der Waals surface area contributed by atoms with E-state index in [2.05, 4.69) is 4.90 Å². The summed E-state index contributed by atoms with van der Waals surface area (Å²) in [5.74, 6) is 1.75. The number of ether oxygens (including phenoxy) is 1. The summed E-state index contributed by atoms with van der Waals surface area (Å²) in [6, 6.07) is 3.75. The van der Waals surface area contributed by atoms with Crippen LogP contribution in [-0.2, 0) is 11.3 Å². The molecular formula is C20H32N2O4. The van der Waals surface area contributed by atoms with Gasteiger partial charge in [-0.2, -0.15) is 0 Å². The number of methoxy groups -OCH3 is 1. The van der Waals surface area contributed by atoms with Crippen molar-refractivity contribution in [3.8, 4) is 0 Å². The number of carbonyl (C=O) groups is 1. The van der Waals surface area contributed by atoms with E-state index in [1.165, 1.54) is 32.1 Å². The Morgan fingerprint density at radius 2 is 2.08 bits per heavy atom. The van der Waals surface area contributed by atoms with Crippen LogP contribution in [-0.4, -0.2) is 66.8 Å². The first-order chi connectivity index (χ1) is 12.7. The van der Waals surface area contributed by atoms with E-state index in [1.807, 2.05) is 4.90 Å². The second-order valence-corrected chi connectivity index (χ2v) is 7.62. The summed E-state index contributed by atoms with van der Waals surface area (Å²) in [7, 11) is 1.61. The largest absolute Gasteiger partial charge is 0.453 e. The maximum absolute atomic E-state index is 12.8. The third kappa shape index (κ3) is 4.87. The van der Waals surface area contributed by atoms with Crippen molar-refractivity contribution in [1.29, 1.82) is 0 Å². The minimum Gasteiger partial charge on any atom is -0.453 e. The highest BCUT2D eigenvalue weighted by Gasteiger charge is 2.32.